The van der Waals surface area contributed by atoms with Crippen LogP contribution in [0.5, 0.6) is 0 Å². The van der Waals surface area contributed by atoms with Crippen LogP contribution in [-0.2, 0) is 6.42 Å². The third-order valence-corrected chi connectivity index (χ3v) is 6.15. The normalized spacial score (nSPS) is 27.7. The molecule has 21 heavy (non-hydrogen) atoms. The second-order valence-electron chi connectivity index (χ2n) is 7.63. The maximum absolute atomic E-state index is 2.34. The zero-order valence-corrected chi connectivity index (χ0v) is 13.8. The molecule has 2 fully saturated rings. The molecule has 3 rings (SSSR count). The van der Waals surface area contributed by atoms with Crippen molar-refractivity contribution >= 4 is 0 Å². The summed E-state index contributed by atoms with van der Waals surface area (Å²) >= 11 is 0. The van der Waals surface area contributed by atoms with Gasteiger partial charge in [-0.3, -0.25) is 0 Å². The summed E-state index contributed by atoms with van der Waals surface area (Å²) < 4.78 is 0. The van der Waals surface area contributed by atoms with Crippen molar-refractivity contribution in [1.29, 1.82) is 0 Å². The van der Waals surface area contributed by atoms with Crippen molar-refractivity contribution in [3.8, 4) is 0 Å². The van der Waals surface area contributed by atoms with Gasteiger partial charge >= 0.3 is 0 Å². The number of rotatable bonds is 4. The molecular weight excluding hydrogens is 252 g/mol. The molecule has 1 aromatic rings. The third-order valence-electron chi connectivity index (χ3n) is 6.15. The van der Waals surface area contributed by atoms with E-state index < -0.39 is 0 Å². The summed E-state index contributed by atoms with van der Waals surface area (Å²) in [5.41, 5.74) is 2.94. The smallest absolute Gasteiger partial charge is 0.0276 e. The Morgan fingerprint density at radius 3 is 2.24 bits per heavy atom. The molecular formula is C21H32. The van der Waals surface area contributed by atoms with Crippen LogP contribution < -0.4 is 0 Å². The van der Waals surface area contributed by atoms with Gasteiger partial charge in [-0.05, 0) is 49.5 Å². The van der Waals surface area contributed by atoms with E-state index in [1.165, 1.54) is 76.2 Å². The fourth-order valence-electron chi connectivity index (χ4n) is 4.88. The Morgan fingerprint density at radius 1 is 0.810 bits per heavy atom. The predicted octanol–water partition coefficient (Wildman–Crippen LogP) is 6.31. The highest BCUT2D eigenvalue weighted by atomic mass is 14.4. The van der Waals surface area contributed by atoms with Gasteiger partial charge in [-0.25, -0.2) is 0 Å². The van der Waals surface area contributed by atoms with Gasteiger partial charge in [0, 0.05) is 0 Å². The van der Waals surface area contributed by atoms with Gasteiger partial charge in [0.1, 0.15) is 0 Å². The number of hydrogen-bond acceptors (Lipinski definition) is 0. The summed E-state index contributed by atoms with van der Waals surface area (Å²) in [6, 6.07) is 9.23. The van der Waals surface area contributed by atoms with Gasteiger partial charge in [-0.2, -0.15) is 0 Å². The number of benzene rings is 1. The average Bonchev–Trinajstić information content (AvgIpc) is 2.55. The molecule has 0 heteroatoms. The highest BCUT2D eigenvalue weighted by Gasteiger charge is 2.31. The van der Waals surface area contributed by atoms with E-state index in [2.05, 4.69) is 31.2 Å². The molecule has 0 aromatic heterocycles. The highest BCUT2D eigenvalue weighted by molar-refractivity contribution is 5.21. The monoisotopic (exact) mass is 284 g/mol. The van der Waals surface area contributed by atoms with Gasteiger partial charge < -0.3 is 0 Å². The summed E-state index contributed by atoms with van der Waals surface area (Å²) in [7, 11) is 0. The standard InChI is InChI=1S/C21H32/c1-17-11-13-18(14-12-17)15-16-20-9-5-6-10-21(20)19-7-3-2-4-8-19/h11-14,19-21H,2-10,15-16H2,1H3. The molecule has 0 spiro atoms. The van der Waals surface area contributed by atoms with Crippen LogP contribution in [0.15, 0.2) is 24.3 Å². The van der Waals surface area contributed by atoms with E-state index >= 15 is 0 Å². The van der Waals surface area contributed by atoms with E-state index in [0.717, 1.165) is 17.8 Å². The quantitative estimate of drug-likeness (QED) is 0.607. The predicted molar refractivity (Wildman–Crippen MR) is 91.5 cm³/mol. The first-order valence-corrected chi connectivity index (χ1v) is 9.38. The van der Waals surface area contributed by atoms with Crippen LogP contribution in [0.2, 0.25) is 0 Å². The summed E-state index contributed by atoms with van der Waals surface area (Å²) in [5, 5.41) is 0. The number of hydrogen-bond donors (Lipinski definition) is 0. The largest absolute Gasteiger partial charge is 0.0591 e. The first-order valence-electron chi connectivity index (χ1n) is 9.38. The first kappa shape index (κ1) is 15.1. The third kappa shape index (κ3) is 4.11. The first-order chi connectivity index (χ1) is 10.3. The van der Waals surface area contributed by atoms with Gasteiger partial charge in [-0.1, -0.05) is 81.2 Å². The van der Waals surface area contributed by atoms with Crippen LogP contribution in [-0.4, -0.2) is 0 Å². The van der Waals surface area contributed by atoms with Crippen LogP contribution in [0.25, 0.3) is 0 Å². The Morgan fingerprint density at radius 2 is 1.48 bits per heavy atom. The summed E-state index contributed by atoms with van der Waals surface area (Å²) in [6.07, 6.45) is 16.3. The molecule has 0 radical (unpaired) electrons. The van der Waals surface area contributed by atoms with Gasteiger partial charge in [-0.15, -0.1) is 0 Å². The molecule has 0 aliphatic heterocycles. The van der Waals surface area contributed by atoms with Crippen molar-refractivity contribution in [1.82, 2.24) is 0 Å². The van der Waals surface area contributed by atoms with Crippen molar-refractivity contribution in [2.45, 2.75) is 77.6 Å². The second-order valence-corrected chi connectivity index (χ2v) is 7.63. The lowest BCUT2D eigenvalue weighted by atomic mass is 9.66. The second kappa shape index (κ2) is 7.47. The SMILES string of the molecule is Cc1ccc(CCC2CCCCC2C2CCCCC2)cc1. The Bertz CT molecular complexity index is 410. The minimum Gasteiger partial charge on any atom is -0.0591 e. The molecule has 0 saturated heterocycles. The summed E-state index contributed by atoms with van der Waals surface area (Å²) in [6.45, 7) is 2.18. The molecule has 2 saturated carbocycles. The van der Waals surface area contributed by atoms with Crippen molar-refractivity contribution in [3.63, 3.8) is 0 Å². The Kier molecular flexibility index (Phi) is 5.38. The lowest BCUT2D eigenvalue weighted by Gasteiger charge is -2.39. The summed E-state index contributed by atoms with van der Waals surface area (Å²) in [4.78, 5) is 0. The molecule has 2 unspecified atom stereocenters. The molecule has 2 atom stereocenters. The van der Waals surface area contributed by atoms with E-state index in [1.807, 2.05) is 0 Å². The molecule has 0 heterocycles. The molecule has 0 nitrogen and oxygen atoms in total. The van der Waals surface area contributed by atoms with Gasteiger partial charge in [0.05, 0.1) is 0 Å². The lowest BCUT2D eigenvalue weighted by Crippen LogP contribution is -2.28. The van der Waals surface area contributed by atoms with E-state index in [4.69, 9.17) is 0 Å². The zero-order chi connectivity index (χ0) is 14.5. The Hall–Kier alpha value is -0.780. The fraction of sp³-hybridized carbons (Fsp3) is 0.714. The average molecular weight is 284 g/mol. The van der Waals surface area contributed by atoms with Gasteiger partial charge in [0.2, 0.25) is 0 Å². The molecule has 2 aliphatic rings. The van der Waals surface area contributed by atoms with Crippen molar-refractivity contribution < 1.29 is 0 Å². The summed E-state index contributed by atoms with van der Waals surface area (Å²) in [5.74, 6) is 3.15. The molecule has 2 aliphatic carbocycles. The maximum atomic E-state index is 2.34. The minimum atomic E-state index is 1.02. The zero-order valence-electron chi connectivity index (χ0n) is 13.8. The molecule has 1 aromatic carbocycles. The van der Waals surface area contributed by atoms with E-state index in [0.29, 0.717) is 0 Å². The highest BCUT2D eigenvalue weighted by Crippen LogP contribution is 2.43. The van der Waals surface area contributed by atoms with Crippen LogP contribution in [0.3, 0.4) is 0 Å². The van der Waals surface area contributed by atoms with Crippen LogP contribution in [0, 0.1) is 24.7 Å². The lowest BCUT2D eigenvalue weighted by molar-refractivity contribution is 0.122. The van der Waals surface area contributed by atoms with E-state index in [9.17, 15) is 0 Å². The van der Waals surface area contributed by atoms with Crippen LogP contribution in [0.1, 0.15) is 75.3 Å². The Balaban J connectivity index is 1.57. The van der Waals surface area contributed by atoms with E-state index in [1.54, 1.807) is 5.56 Å². The van der Waals surface area contributed by atoms with Gasteiger partial charge in [0.25, 0.3) is 0 Å². The van der Waals surface area contributed by atoms with Crippen LogP contribution >= 0.6 is 0 Å². The molecule has 116 valence electrons. The van der Waals surface area contributed by atoms with E-state index in [-0.39, 0.29) is 0 Å². The molecule has 0 N–H and O–H groups in total. The minimum absolute atomic E-state index is 1.02. The van der Waals surface area contributed by atoms with Gasteiger partial charge in [0.15, 0.2) is 0 Å². The van der Waals surface area contributed by atoms with Crippen molar-refractivity contribution in [2.24, 2.45) is 17.8 Å². The number of aryl methyl sites for hydroxylation is 2. The van der Waals surface area contributed by atoms with Crippen molar-refractivity contribution in [3.05, 3.63) is 35.4 Å². The van der Waals surface area contributed by atoms with Crippen LogP contribution in [0.4, 0.5) is 0 Å². The molecule has 0 bridgehead atoms. The Labute approximate surface area is 131 Å². The molecule has 0 amide bonds. The van der Waals surface area contributed by atoms with Crippen molar-refractivity contribution in [2.75, 3.05) is 0 Å². The fourth-order valence-corrected chi connectivity index (χ4v) is 4.88. The maximum Gasteiger partial charge on any atom is -0.0276 e. The topological polar surface area (TPSA) is 0 Å².